The molecule has 0 aromatic carbocycles. The van der Waals surface area contributed by atoms with Crippen LogP contribution in [0.1, 0.15) is 4.88 Å². The van der Waals surface area contributed by atoms with Crippen LogP contribution in [0, 0.1) is 0 Å². The molecular weight excluding hydrogens is 282 g/mol. The van der Waals surface area contributed by atoms with Crippen LogP contribution >= 0.6 is 27.3 Å². The molecule has 3 N–H and O–H groups in total. The number of carbonyl (C=O) groups is 1. The third-order valence-corrected chi connectivity index (χ3v) is 4.49. The van der Waals surface area contributed by atoms with E-state index in [1.165, 1.54) is 11.3 Å². The van der Waals surface area contributed by atoms with Crippen molar-refractivity contribution in [2.75, 3.05) is 13.2 Å². The van der Waals surface area contributed by atoms with Crippen LogP contribution in [0.3, 0.4) is 0 Å². The van der Waals surface area contributed by atoms with Crippen molar-refractivity contribution in [3.63, 3.8) is 0 Å². The summed E-state index contributed by atoms with van der Waals surface area (Å²) in [6.07, 6.45) is 0. The van der Waals surface area contributed by atoms with E-state index >= 15 is 0 Å². The van der Waals surface area contributed by atoms with E-state index in [0.717, 1.165) is 8.66 Å². The van der Waals surface area contributed by atoms with Gasteiger partial charge in [-0.15, -0.1) is 11.3 Å². The summed E-state index contributed by atoms with van der Waals surface area (Å²) in [5.41, 5.74) is 5.17. The van der Waals surface area contributed by atoms with Gasteiger partial charge in [-0.1, -0.05) is 0 Å². The summed E-state index contributed by atoms with van der Waals surface area (Å²) < 4.78 is 6.09. The minimum atomic E-state index is -0.983. The highest BCUT2D eigenvalue weighted by Gasteiger charge is 2.49. The average molecular weight is 292 g/mol. The van der Waals surface area contributed by atoms with E-state index in [0.29, 0.717) is 13.2 Å². The van der Waals surface area contributed by atoms with Crippen LogP contribution in [-0.2, 0) is 14.9 Å². The molecule has 1 fully saturated rings. The topological polar surface area (TPSA) is 72.6 Å². The fraction of sp³-hybridized carbons (Fsp3) is 0.444. The van der Waals surface area contributed by atoms with E-state index in [-0.39, 0.29) is 0 Å². The van der Waals surface area contributed by atoms with Crippen LogP contribution in [0.5, 0.6) is 0 Å². The largest absolute Gasteiger partial charge is 0.480 e. The van der Waals surface area contributed by atoms with E-state index in [4.69, 9.17) is 15.6 Å². The second kappa shape index (κ2) is 3.86. The minimum absolute atomic E-state index is 0.382. The van der Waals surface area contributed by atoms with Crippen LogP contribution in [0.25, 0.3) is 0 Å². The molecule has 1 aromatic rings. The van der Waals surface area contributed by atoms with Crippen molar-refractivity contribution in [2.45, 2.75) is 11.5 Å². The Hall–Kier alpha value is -0.430. The number of aliphatic carboxylic acids is 1. The molecule has 1 saturated heterocycles. The highest BCUT2D eigenvalue weighted by Crippen LogP contribution is 2.40. The van der Waals surface area contributed by atoms with Gasteiger partial charge in [0.05, 0.1) is 22.4 Å². The quantitative estimate of drug-likeness (QED) is 0.877. The summed E-state index contributed by atoms with van der Waals surface area (Å²) >= 11 is 4.86. The first kappa shape index (κ1) is 11.1. The van der Waals surface area contributed by atoms with Crippen molar-refractivity contribution in [1.29, 1.82) is 0 Å². The Balaban J connectivity index is 2.33. The van der Waals surface area contributed by atoms with Gasteiger partial charge < -0.3 is 15.6 Å². The molecule has 82 valence electrons. The van der Waals surface area contributed by atoms with Crippen molar-refractivity contribution < 1.29 is 14.6 Å². The van der Waals surface area contributed by atoms with E-state index < -0.39 is 17.4 Å². The number of ether oxygens (including phenoxy) is 1. The fourth-order valence-electron chi connectivity index (χ4n) is 1.62. The Morgan fingerprint density at radius 3 is 2.67 bits per heavy atom. The number of hydrogen-bond acceptors (Lipinski definition) is 4. The molecule has 0 saturated carbocycles. The molecule has 0 aliphatic carbocycles. The van der Waals surface area contributed by atoms with Gasteiger partial charge in [0.1, 0.15) is 6.04 Å². The molecular formula is C9H10BrNO3S. The van der Waals surface area contributed by atoms with Crippen LogP contribution in [0.15, 0.2) is 15.9 Å². The fourth-order valence-corrected chi connectivity index (χ4v) is 3.20. The van der Waals surface area contributed by atoms with Crippen molar-refractivity contribution in [3.05, 3.63) is 20.8 Å². The molecule has 6 heteroatoms. The Labute approximate surface area is 99.2 Å². The summed E-state index contributed by atoms with van der Waals surface area (Å²) in [6.45, 7) is 0.765. The zero-order valence-corrected chi connectivity index (χ0v) is 10.2. The Kier molecular flexibility index (Phi) is 2.85. The average Bonchev–Trinajstić information content (AvgIpc) is 2.50. The van der Waals surface area contributed by atoms with Crippen molar-refractivity contribution in [3.8, 4) is 0 Å². The lowest BCUT2D eigenvalue weighted by molar-refractivity contribution is -0.148. The SMILES string of the molecule is NC(C(=O)O)C1(c2ccc(Br)s2)COC1. The standard InChI is InChI=1S/C9H10BrNO3S/c10-6-2-1-5(15-6)9(3-14-4-9)7(11)8(12)13/h1-2,7H,3-4,11H2,(H,12,13). The number of thiophene rings is 1. The van der Waals surface area contributed by atoms with Gasteiger partial charge in [0.15, 0.2) is 0 Å². The summed E-state index contributed by atoms with van der Waals surface area (Å²) in [6, 6.07) is 2.89. The molecule has 1 aliphatic rings. The van der Waals surface area contributed by atoms with Gasteiger partial charge in [-0.3, -0.25) is 4.79 Å². The van der Waals surface area contributed by atoms with Crippen molar-refractivity contribution >= 4 is 33.2 Å². The maximum atomic E-state index is 10.9. The van der Waals surface area contributed by atoms with Gasteiger partial charge in [-0.2, -0.15) is 0 Å². The van der Waals surface area contributed by atoms with Crippen LogP contribution < -0.4 is 5.73 Å². The third-order valence-electron chi connectivity index (χ3n) is 2.64. The summed E-state index contributed by atoms with van der Waals surface area (Å²) in [5, 5.41) is 8.96. The van der Waals surface area contributed by atoms with Crippen LogP contribution in [0.2, 0.25) is 0 Å². The van der Waals surface area contributed by atoms with Crippen LogP contribution in [0.4, 0.5) is 0 Å². The minimum Gasteiger partial charge on any atom is -0.480 e. The Morgan fingerprint density at radius 2 is 2.33 bits per heavy atom. The van der Waals surface area contributed by atoms with E-state index in [2.05, 4.69) is 15.9 Å². The molecule has 1 aromatic heterocycles. The van der Waals surface area contributed by atoms with Gasteiger partial charge >= 0.3 is 5.97 Å². The molecule has 2 heterocycles. The summed E-state index contributed by atoms with van der Waals surface area (Å²) in [4.78, 5) is 11.9. The first-order chi connectivity index (χ1) is 7.06. The summed E-state index contributed by atoms with van der Waals surface area (Å²) in [7, 11) is 0. The molecule has 1 aliphatic heterocycles. The number of hydrogen-bond donors (Lipinski definition) is 2. The highest BCUT2D eigenvalue weighted by molar-refractivity contribution is 9.11. The Bertz CT molecular complexity index is 388. The van der Waals surface area contributed by atoms with Gasteiger partial charge in [-0.05, 0) is 28.1 Å². The molecule has 15 heavy (non-hydrogen) atoms. The maximum absolute atomic E-state index is 10.9. The van der Waals surface area contributed by atoms with Crippen molar-refractivity contribution in [1.82, 2.24) is 0 Å². The smallest absolute Gasteiger partial charge is 0.321 e. The lowest BCUT2D eigenvalue weighted by Gasteiger charge is -2.43. The second-order valence-electron chi connectivity index (χ2n) is 3.57. The highest BCUT2D eigenvalue weighted by atomic mass is 79.9. The molecule has 1 unspecified atom stereocenters. The normalized spacial score (nSPS) is 20.7. The molecule has 4 nitrogen and oxygen atoms in total. The number of carboxylic acid groups (broad SMARTS) is 1. The number of rotatable bonds is 3. The monoisotopic (exact) mass is 291 g/mol. The number of nitrogens with two attached hydrogens (primary N) is 1. The lowest BCUT2D eigenvalue weighted by Crippen LogP contribution is -2.61. The van der Waals surface area contributed by atoms with E-state index in [1.807, 2.05) is 12.1 Å². The predicted octanol–water partition coefficient (Wildman–Crippen LogP) is 1.19. The van der Waals surface area contributed by atoms with Gasteiger partial charge in [0.2, 0.25) is 0 Å². The van der Waals surface area contributed by atoms with Gasteiger partial charge in [0.25, 0.3) is 0 Å². The molecule has 1 atom stereocenters. The third kappa shape index (κ3) is 1.71. The molecule has 2 rings (SSSR count). The molecule has 0 bridgehead atoms. The predicted molar refractivity (Wildman–Crippen MR) is 60.1 cm³/mol. The number of carboxylic acids is 1. The van der Waals surface area contributed by atoms with Gasteiger partial charge in [0, 0.05) is 4.88 Å². The second-order valence-corrected chi connectivity index (χ2v) is 6.03. The number of halogens is 1. The van der Waals surface area contributed by atoms with E-state index in [1.54, 1.807) is 0 Å². The first-order valence-electron chi connectivity index (χ1n) is 4.38. The van der Waals surface area contributed by atoms with Crippen molar-refractivity contribution in [2.24, 2.45) is 5.73 Å². The maximum Gasteiger partial charge on any atom is 0.321 e. The zero-order chi connectivity index (χ0) is 11.1. The summed E-state index contributed by atoms with van der Waals surface area (Å²) in [5.74, 6) is -0.983. The zero-order valence-electron chi connectivity index (χ0n) is 7.77. The molecule has 0 amide bonds. The Morgan fingerprint density at radius 1 is 1.67 bits per heavy atom. The van der Waals surface area contributed by atoms with Crippen LogP contribution in [-0.4, -0.2) is 30.3 Å². The first-order valence-corrected chi connectivity index (χ1v) is 5.99. The van der Waals surface area contributed by atoms with E-state index in [9.17, 15) is 4.79 Å². The van der Waals surface area contributed by atoms with Gasteiger partial charge in [-0.25, -0.2) is 0 Å². The molecule has 0 spiro atoms. The lowest BCUT2D eigenvalue weighted by atomic mass is 9.77. The molecule has 0 radical (unpaired) electrons.